The van der Waals surface area contributed by atoms with Crippen molar-refractivity contribution >= 4 is 28.2 Å². The second kappa shape index (κ2) is 8.94. The Balaban J connectivity index is 2.27. The fourth-order valence-corrected chi connectivity index (χ4v) is 3.06. The second-order valence-electron chi connectivity index (χ2n) is 6.04. The van der Waals surface area contributed by atoms with Crippen LogP contribution in [0.3, 0.4) is 0 Å². The van der Waals surface area contributed by atoms with Crippen LogP contribution in [0.5, 0.6) is 0 Å². The van der Waals surface area contributed by atoms with Gasteiger partial charge in [0.2, 0.25) is 0 Å². The largest absolute Gasteiger partial charge is 0.395 e. The SMILES string of the molecule is COCCNC(=S)N(CCO)Cc1cc2cc(C)cc(C)c2[nH]c1=O. The number of thiocarbonyl (C=S) groups is 1. The Morgan fingerprint density at radius 3 is 2.80 bits per heavy atom. The molecule has 0 spiro atoms. The number of ether oxygens (including phenoxy) is 1. The molecule has 0 atom stereocenters. The third-order valence-corrected chi connectivity index (χ3v) is 4.37. The van der Waals surface area contributed by atoms with Crippen molar-refractivity contribution in [2.24, 2.45) is 0 Å². The standard InChI is InChI=1S/C18H25N3O3S/c1-12-8-13(2)16-14(9-12)10-15(17(23)20-16)11-21(5-6-22)18(25)19-4-7-24-3/h8-10,22H,4-7,11H2,1-3H3,(H,19,25)(H,20,23). The average molecular weight is 363 g/mol. The van der Waals surface area contributed by atoms with Gasteiger partial charge in [-0.25, -0.2) is 0 Å². The molecule has 0 saturated heterocycles. The number of fused-ring (bicyclic) bond motifs is 1. The van der Waals surface area contributed by atoms with Crippen molar-refractivity contribution < 1.29 is 9.84 Å². The number of aryl methyl sites for hydroxylation is 2. The first kappa shape index (κ1) is 19.4. The number of nitrogens with one attached hydrogen (secondary N) is 2. The maximum Gasteiger partial charge on any atom is 0.253 e. The number of hydrogen-bond donors (Lipinski definition) is 3. The van der Waals surface area contributed by atoms with E-state index < -0.39 is 0 Å². The van der Waals surface area contributed by atoms with E-state index in [9.17, 15) is 9.90 Å². The molecule has 0 aliphatic carbocycles. The minimum Gasteiger partial charge on any atom is -0.395 e. The zero-order valence-electron chi connectivity index (χ0n) is 14.9. The number of aromatic amines is 1. The van der Waals surface area contributed by atoms with E-state index in [2.05, 4.69) is 10.3 Å². The number of aromatic nitrogens is 1. The lowest BCUT2D eigenvalue weighted by Gasteiger charge is -2.25. The maximum atomic E-state index is 12.5. The summed E-state index contributed by atoms with van der Waals surface area (Å²) in [5.74, 6) is 0. The van der Waals surface area contributed by atoms with Crippen LogP contribution in [0, 0.1) is 13.8 Å². The molecule has 2 rings (SSSR count). The summed E-state index contributed by atoms with van der Waals surface area (Å²) < 4.78 is 4.99. The number of hydrogen-bond acceptors (Lipinski definition) is 4. The minimum absolute atomic E-state index is 0.0458. The first-order chi connectivity index (χ1) is 12.0. The Kier molecular flexibility index (Phi) is 6.92. The fraction of sp³-hybridized carbons (Fsp3) is 0.444. The van der Waals surface area contributed by atoms with Gasteiger partial charge >= 0.3 is 0 Å². The summed E-state index contributed by atoms with van der Waals surface area (Å²) >= 11 is 5.37. The topological polar surface area (TPSA) is 77.6 Å². The molecule has 0 radical (unpaired) electrons. The summed E-state index contributed by atoms with van der Waals surface area (Å²) in [6, 6.07) is 5.99. The predicted molar refractivity (Wildman–Crippen MR) is 104 cm³/mol. The Hall–Kier alpha value is -1.96. The van der Waals surface area contributed by atoms with Crippen LogP contribution >= 0.6 is 12.2 Å². The highest BCUT2D eigenvalue weighted by atomic mass is 32.1. The summed E-state index contributed by atoms with van der Waals surface area (Å²) in [4.78, 5) is 17.2. The molecule has 136 valence electrons. The average Bonchev–Trinajstić information content (AvgIpc) is 2.56. The van der Waals surface area contributed by atoms with Crippen LogP contribution in [-0.2, 0) is 11.3 Å². The normalized spacial score (nSPS) is 10.9. The smallest absolute Gasteiger partial charge is 0.253 e. The number of rotatable bonds is 7. The number of methoxy groups -OCH3 is 1. The summed E-state index contributed by atoms with van der Waals surface area (Å²) in [5, 5.41) is 13.9. The van der Waals surface area contributed by atoms with Gasteiger partial charge in [-0.15, -0.1) is 0 Å². The summed E-state index contributed by atoms with van der Waals surface area (Å²) in [6.45, 7) is 5.75. The van der Waals surface area contributed by atoms with Gasteiger partial charge in [-0.2, -0.15) is 0 Å². The van der Waals surface area contributed by atoms with Gasteiger partial charge in [-0.05, 0) is 49.1 Å². The molecule has 7 heteroatoms. The quantitative estimate of drug-likeness (QED) is 0.511. The van der Waals surface area contributed by atoms with Crippen LogP contribution in [0.25, 0.3) is 10.9 Å². The Labute approximate surface area is 152 Å². The highest BCUT2D eigenvalue weighted by Gasteiger charge is 2.13. The molecule has 0 fully saturated rings. The van der Waals surface area contributed by atoms with E-state index >= 15 is 0 Å². The van der Waals surface area contributed by atoms with E-state index in [-0.39, 0.29) is 12.2 Å². The number of aliphatic hydroxyl groups is 1. The van der Waals surface area contributed by atoms with Crippen LogP contribution in [0.2, 0.25) is 0 Å². The zero-order valence-corrected chi connectivity index (χ0v) is 15.7. The minimum atomic E-state index is -0.137. The highest BCUT2D eigenvalue weighted by Crippen LogP contribution is 2.18. The van der Waals surface area contributed by atoms with Crippen LogP contribution < -0.4 is 10.9 Å². The van der Waals surface area contributed by atoms with Gasteiger partial charge in [0, 0.05) is 25.8 Å². The molecule has 3 N–H and O–H groups in total. The zero-order chi connectivity index (χ0) is 18.4. The van der Waals surface area contributed by atoms with Crippen molar-refractivity contribution in [1.29, 1.82) is 0 Å². The lowest BCUT2D eigenvalue weighted by Crippen LogP contribution is -2.42. The van der Waals surface area contributed by atoms with Gasteiger partial charge in [0.25, 0.3) is 5.56 Å². The molecule has 0 aliphatic heterocycles. The van der Waals surface area contributed by atoms with Crippen molar-refractivity contribution in [2.75, 3.05) is 33.4 Å². The van der Waals surface area contributed by atoms with Gasteiger partial charge in [0.15, 0.2) is 5.11 Å². The van der Waals surface area contributed by atoms with Crippen LogP contribution in [0.1, 0.15) is 16.7 Å². The van der Waals surface area contributed by atoms with Crippen molar-refractivity contribution in [2.45, 2.75) is 20.4 Å². The number of H-pyrrole nitrogens is 1. The molecule has 0 amide bonds. The molecule has 1 aromatic carbocycles. The third-order valence-electron chi connectivity index (χ3n) is 3.97. The van der Waals surface area contributed by atoms with E-state index in [0.717, 1.165) is 22.0 Å². The molecule has 1 heterocycles. The van der Waals surface area contributed by atoms with Crippen LogP contribution in [0.15, 0.2) is 23.0 Å². The molecule has 25 heavy (non-hydrogen) atoms. The van der Waals surface area contributed by atoms with Crippen molar-refractivity contribution in [3.8, 4) is 0 Å². The van der Waals surface area contributed by atoms with E-state index in [0.29, 0.717) is 36.9 Å². The molecule has 6 nitrogen and oxygen atoms in total. The highest BCUT2D eigenvalue weighted by molar-refractivity contribution is 7.80. The van der Waals surface area contributed by atoms with Gasteiger partial charge in [0.05, 0.1) is 25.3 Å². The van der Waals surface area contributed by atoms with E-state index in [4.69, 9.17) is 17.0 Å². The molecule has 0 aliphatic rings. The lowest BCUT2D eigenvalue weighted by atomic mass is 10.1. The molecule has 2 aromatic rings. The molecule has 0 saturated carbocycles. The predicted octanol–water partition coefficient (Wildman–Crippen LogP) is 1.46. The number of benzene rings is 1. The molecule has 0 bridgehead atoms. The van der Waals surface area contributed by atoms with Gasteiger partial charge in [-0.3, -0.25) is 4.79 Å². The summed E-state index contributed by atoms with van der Waals surface area (Å²) in [7, 11) is 1.62. The monoisotopic (exact) mass is 363 g/mol. The van der Waals surface area contributed by atoms with Crippen molar-refractivity contribution in [1.82, 2.24) is 15.2 Å². The fourth-order valence-electron chi connectivity index (χ4n) is 2.80. The van der Waals surface area contributed by atoms with Gasteiger partial charge < -0.3 is 25.0 Å². The maximum absolute atomic E-state index is 12.5. The number of aliphatic hydroxyl groups excluding tert-OH is 1. The van der Waals surface area contributed by atoms with E-state index in [1.165, 1.54) is 0 Å². The molecular formula is C18H25N3O3S. The second-order valence-corrected chi connectivity index (χ2v) is 6.43. The van der Waals surface area contributed by atoms with Crippen molar-refractivity contribution in [3.05, 3.63) is 45.2 Å². The summed E-state index contributed by atoms with van der Waals surface area (Å²) in [6.07, 6.45) is 0. The Morgan fingerprint density at radius 1 is 1.36 bits per heavy atom. The molecule has 1 aromatic heterocycles. The van der Waals surface area contributed by atoms with Crippen LogP contribution in [0.4, 0.5) is 0 Å². The van der Waals surface area contributed by atoms with Crippen molar-refractivity contribution in [3.63, 3.8) is 0 Å². The van der Waals surface area contributed by atoms with E-state index in [1.807, 2.05) is 32.0 Å². The van der Waals surface area contributed by atoms with E-state index in [1.54, 1.807) is 12.0 Å². The third kappa shape index (κ3) is 5.01. The van der Waals surface area contributed by atoms with Gasteiger partial charge in [-0.1, -0.05) is 11.6 Å². The molecular weight excluding hydrogens is 338 g/mol. The lowest BCUT2D eigenvalue weighted by molar-refractivity contribution is 0.201. The number of nitrogens with zero attached hydrogens (tertiary/aromatic N) is 1. The number of pyridine rings is 1. The Bertz CT molecular complexity index is 804. The van der Waals surface area contributed by atoms with Gasteiger partial charge in [0.1, 0.15) is 0 Å². The summed E-state index contributed by atoms with van der Waals surface area (Å²) in [5.41, 5.74) is 3.52. The Morgan fingerprint density at radius 2 is 2.12 bits per heavy atom. The first-order valence-corrected chi connectivity index (χ1v) is 8.62. The molecule has 0 unspecified atom stereocenters. The van der Waals surface area contributed by atoms with Crippen LogP contribution in [-0.4, -0.2) is 53.5 Å². The first-order valence-electron chi connectivity index (χ1n) is 8.22.